The van der Waals surface area contributed by atoms with Gasteiger partial charge in [0.25, 0.3) is 0 Å². The molecule has 2 aromatic heterocycles. The fourth-order valence-electron chi connectivity index (χ4n) is 6.85. The minimum atomic E-state index is 0.489. The molecule has 3 aliphatic rings. The van der Waals surface area contributed by atoms with Gasteiger partial charge in [0.15, 0.2) is 0 Å². The summed E-state index contributed by atoms with van der Waals surface area (Å²) < 4.78 is 4.98. The molecule has 0 spiro atoms. The van der Waals surface area contributed by atoms with E-state index in [1.807, 2.05) is 0 Å². The van der Waals surface area contributed by atoms with Crippen LogP contribution in [-0.2, 0) is 6.42 Å². The normalized spacial score (nSPS) is 18.8. The first-order valence-corrected chi connectivity index (χ1v) is 14.0. The second-order valence-electron chi connectivity index (χ2n) is 10.7. The summed E-state index contributed by atoms with van der Waals surface area (Å²) in [6, 6.07) is 24.3. The molecule has 0 aliphatic heterocycles. The SMILES string of the molecule is C1=CC(C2C=CC(n3c4c(c5c6c7ccccc7n(-c7ccccc7)c6ccc53)C=CCC4)=CC2)=CCC1. The van der Waals surface area contributed by atoms with Crippen molar-refractivity contribution in [1.29, 1.82) is 0 Å². The molecule has 2 heteroatoms. The molecule has 38 heavy (non-hydrogen) atoms. The average molecular weight is 491 g/mol. The van der Waals surface area contributed by atoms with Crippen LogP contribution < -0.4 is 0 Å². The van der Waals surface area contributed by atoms with Crippen LogP contribution in [0.2, 0.25) is 0 Å². The van der Waals surface area contributed by atoms with E-state index >= 15 is 0 Å². The van der Waals surface area contributed by atoms with Crippen molar-refractivity contribution in [2.24, 2.45) is 5.92 Å². The molecule has 0 bridgehead atoms. The zero-order valence-electron chi connectivity index (χ0n) is 21.5. The third kappa shape index (κ3) is 3.20. The topological polar surface area (TPSA) is 9.86 Å². The Bertz CT molecular complexity index is 1880. The molecule has 0 N–H and O–H groups in total. The Morgan fingerprint density at radius 3 is 2.26 bits per heavy atom. The Morgan fingerprint density at radius 1 is 0.632 bits per heavy atom. The van der Waals surface area contributed by atoms with E-state index in [-0.39, 0.29) is 0 Å². The first kappa shape index (κ1) is 21.8. The lowest BCUT2D eigenvalue weighted by Crippen LogP contribution is -2.09. The number of nitrogens with zero attached hydrogens (tertiary/aromatic N) is 2. The third-order valence-corrected chi connectivity index (χ3v) is 8.54. The Labute approximate surface area is 223 Å². The maximum Gasteiger partial charge on any atom is 0.0548 e. The van der Waals surface area contributed by atoms with Crippen molar-refractivity contribution in [3.05, 3.63) is 126 Å². The summed E-state index contributed by atoms with van der Waals surface area (Å²) in [5.41, 5.74) is 10.7. The summed E-state index contributed by atoms with van der Waals surface area (Å²) in [6.45, 7) is 0. The highest BCUT2D eigenvalue weighted by molar-refractivity contribution is 6.23. The lowest BCUT2D eigenvalue weighted by atomic mass is 9.88. The fraction of sp³-hybridized carbons (Fsp3) is 0.167. The molecule has 1 unspecified atom stereocenters. The van der Waals surface area contributed by atoms with Crippen molar-refractivity contribution in [3.8, 4) is 5.69 Å². The molecule has 0 saturated carbocycles. The van der Waals surface area contributed by atoms with Gasteiger partial charge in [0.2, 0.25) is 0 Å². The summed E-state index contributed by atoms with van der Waals surface area (Å²) in [5.74, 6) is 0.489. The van der Waals surface area contributed by atoms with Crippen molar-refractivity contribution in [2.45, 2.75) is 32.1 Å². The van der Waals surface area contributed by atoms with Crippen LogP contribution >= 0.6 is 0 Å². The van der Waals surface area contributed by atoms with Crippen LogP contribution in [0.15, 0.2) is 115 Å². The van der Waals surface area contributed by atoms with Crippen LogP contribution in [0, 0.1) is 5.92 Å². The minimum absolute atomic E-state index is 0.489. The Hall–Kier alpha value is -4.30. The van der Waals surface area contributed by atoms with Gasteiger partial charge in [0, 0.05) is 44.7 Å². The highest BCUT2D eigenvalue weighted by Gasteiger charge is 2.25. The highest BCUT2D eigenvalue weighted by Crippen LogP contribution is 2.43. The van der Waals surface area contributed by atoms with Crippen molar-refractivity contribution in [2.75, 3.05) is 0 Å². The van der Waals surface area contributed by atoms with Crippen molar-refractivity contribution in [1.82, 2.24) is 9.13 Å². The number of aromatic nitrogens is 2. The Morgan fingerprint density at radius 2 is 1.45 bits per heavy atom. The number of benzene rings is 3. The minimum Gasteiger partial charge on any atom is -0.313 e. The van der Waals surface area contributed by atoms with Gasteiger partial charge in [-0.3, -0.25) is 0 Å². The van der Waals surface area contributed by atoms with E-state index in [0.29, 0.717) is 5.92 Å². The van der Waals surface area contributed by atoms with E-state index in [0.717, 1.165) is 19.3 Å². The molecule has 2 heterocycles. The van der Waals surface area contributed by atoms with Gasteiger partial charge in [-0.15, -0.1) is 0 Å². The summed E-state index contributed by atoms with van der Waals surface area (Å²) >= 11 is 0. The largest absolute Gasteiger partial charge is 0.313 e. The molecule has 0 amide bonds. The zero-order chi connectivity index (χ0) is 25.1. The first-order valence-electron chi connectivity index (χ1n) is 14.0. The molecular formula is C36H30N2. The van der Waals surface area contributed by atoms with E-state index in [2.05, 4.69) is 124 Å². The molecule has 3 aliphatic carbocycles. The number of hydrogen-bond donors (Lipinski definition) is 0. The predicted octanol–water partition coefficient (Wildman–Crippen LogP) is 9.39. The molecule has 1 atom stereocenters. The molecule has 0 radical (unpaired) electrons. The molecule has 8 rings (SSSR count). The van der Waals surface area contributed by atoms with Crippen molar-refractivity contribution >= 4 is 44.5 Å². The highest BCUT2D eigenvalue weighted by atomic mass is 15.0. The second-order valence-corrected chi connectivity index (χ2v) is 10.7. The van der Waals surface area contributed by atoms with E-state index < -0.39 is 0 Å². The van der Waals surface area contributed by atoms with Crippen molar-refractivity contribution in [3.63, 3.8) is 0 Å². The Kier molecular flexibility index (Phi) is 4.94. The first-order chi connectivity index (χ1) is 18.9. The number of rotatable bonds is 3. The fourth-order valence-corrected chi connectivity index (χ4v) is 6.85. The maximum atomic E-state index is 2.56. The van der Waals surface area contributed by atoms with Crippen LogP contribution in [0.4, 0.5) is 0 Å². The van der Waals surface area contributed by atoms with Crippen LogP contribution in [0.1, 0.15) is 36.9 Å². The van der Waals surface area contributed by atoms with Crippen LogP contribution in [0.5, 0.6) is 0 Å². The smallest absolute Gasteiger partial charge is 0.0548 e. The predicted molar refractivity (Wildman–Crippen MR) is 162 cm³/mol. The van der Waals surface area contributed by atoms with Gasteiger partial charge in [-0.05, 0) is 74.1 Å². The van der Waals surface area contributed by atoms with E-state index in [9.17, 15) is 0 Å². The third-order valence-electron chi connectivity index (χ3n) is 8.54. The number of allylic oxidation sites excluding steroid dienone is 9. The molecule has 0 fully saturated rings. The van der Waals surface area contributed by atoms with E-state index in [1.165, 1.54) is 73.8 Å². The maximum absolute atomic E-state index is 2.56. The second kappa shape index (κ2) is 8.63. The number of fused-ring (bicyclic) bond motifs is 7. The monoisotopic (exact) mass is 490 g/mol. The number of para-hydroxylation sites is 2. The summed E-state index contributed by atoms with van der Waals surface area (Å²) in [7, 11) is 0. The zero-order valence-corrected chi connectivity index (χ0v) is 21.5. The quantitative estimate of drug-likeness (QED) is 0.238. The van der Waals surface area contributed by atoms with Gasteiger partial charge < -0.3 is 9.13 Å². The van der Waals surface area contributed by atoms with Gasteiger partial charge in [-0.25, -0.2) is 0 Å². The van der Waals surface area contributed by atoms with Crippen LogP contribution in [-0.4, -0.2) is 9.13 Å². The Balaban J connectivity index is 1.38. The molecule has 2 nitrogen and oxygen atoms in total. The van der Waals surface area contributed by atoms with Crippen molar-refractivity contribution < 1.29 is 0 Å². The van der Waals surface area contributed by atoms with Crippen LogP contribution in [0.25, 0.3) is 50.2 Å². The van der Waals surface area contributed by atoms with Gasteiger partial charge in [0.1, 0.15) is 0 Å². The van der Waals surface area contributed by atoms with Gasteiger partial charge in [-0.1, -0.05) is 78.9 Å². The summed E-state index contributed by atoms with van der Waals surface area (Å²) in [4.78, 5) is 0. The molecule has 5 aromatic rings. The summed E-state index contributed by atoms with van der Waals surface area (Å²) in [5, 5.41) is 4.06. The van der Waals surface area contributed by atoms with Gasteiger partial charge in [0.05, 0.1) is 16.6 Å². The summed E-state index contributed by atoms with van der Waals surface area (Å²) in [6.07, 6.45) is 24.6. The lowest BCUT2D eigenvalue weighted by Gasteiger charge is -2.22. The molecular weight excluding hydrogens is 460 g/mol. The van der Waals surface area contributed by atoms with Gasteiger partial charge >= 0.3 is 0 Å². The lowest BCUT2D eigenvalue weighted by molar-refractivity contribution is 0.765. The number of hydrogen-bond acceptors (Lipinski definition) is 0. The molecule has 3 aromatic carbocycles. The standard InChI is InChI=1S/C36H30N2/c1-3-11-25(12-4-1)26-19-21-28(22-20-26)38-32-18-10-8-16-30(32)36-34(38)24-23-33-35(36)29-15-7-9-17-31(29)37(33)27-13-5-2-6-14-27/h2-3,5-9,11-17,19,21-24,26H,1,4,10,18,20H2. The van der Waals surface area contributed by atoms with Crippen LogP contribution in [0.3, 0.4) is 0 Å². The van der Waals surface area contributed by atoms with E-state index in [4.69, 9.17) is 0 Å². The molecule has 0 saturated heterocycles. The van der Waals surface area contributed by atoms with Gasteiger partial charge in [-0.2, -0.15) is 0 Å². The van der Waals surface area contributed by atoms with E-state index in [1.54, 1.807) is 0 Å². The average Bonchev–Trinajstić information content (AvgIpc) is 3.51. The molecule has 184 valence electrons.